The number of nitrogens with zero attached hydrogens (tertiary/aromatic N) is 4. The molecule has 4 amide bonds. The summed E-state index contributed by atoms with van der Waals surface area (Å²) in [6, 6.07) is -0.975. The smallest absolute Gasteiger partial charge is 0.325 e. The number of hydrogen-bond acceptors (Lipinski definition) is 6. The number of amides is 4. The van der Waals surface area contributed by atoms with Gasteiger partial charge in [0, 0.05) is 13.7 Å². The minimum atomic E-state index is -1.06. The van der Waals surface area contributed by atoms with E-state index in [1.165, 1.54) is 4.90 Å². The molecule has 0 aliphatic carbocycles. The van der Waals surface area contributed by atoms with Gasteiger partial charge in [0.05, 0.1) is 12.6 Å². The Morgan fingerprint density at radius 2 is 2.17 bits per heavy atom. The van der Waals surface area contributed by atoms with Gasteiger partial charge in [-0.05, 0) is 20.8 Å². The van der Waals surface area contributed by atoms with Gasteiger partial charge in [0.2, 0.25) is 5.91 Å². The average molecular weight is 338 g/mol. The third-order valence-corrected chi connectivity index (χ3v) is 3.94. The van der Waals surface area contributed by atoms with Crippen molar-refractivity contribution in [3.63, 3.8) is 0 Å². The fourth-order valence-corrected chi connectivity index (χ4v) is 2.42. The third kappa shape index (κ3) is 3.53. The van der Waals surface area contributed by atoms with Crippen molar-refractivity contribution in [3.8, 4) is 0 Å². The fraction of sp³-hybridized carbons (Fsp3) is 0.643. The Hall–Kier alpha value is -2.49. The number of imide groups is 1. The second kappa shape index (κ2) is 6.95. The Bertz CT molecular complexity index is 641. The van der Waals surface area contributed by atoms with E-state index in [-0.39, 0.29) is 12.5 Å². The maximum Gasteiger partial charge on any atom is 0.325 e. The minimum Gasteiger partial charge on any atom is -0.383 e. The highest BCUT2D eigenvalue weighted by Gasteiger charge is 2.46. The van der Waals surface area contributed by atoms with Gasteiger partial charge >= 0.3 is 6.03 Å². The van der Waals surface area contributed by atoms with E-state index < -0.39 is 23.5 Å². The zero-order chi connectivity index (χ0) is 17.9. The number of aromatic nitrogens is 3. The Labute approximate surface area is 139 Å². The molecule has 2 N–H and O–H groups in total. The van der Waals surface area contributed by atoms with Crippen molar-refractivity contribution in [1.29, 1.82) is 0 Å². The molecule has 1 aliphatic heterocycles. The van der Waals surface area contributed by atoms with Crippen molar-refractivity contribution in [2.24, 2.45) is 0 Å². The van der Waals surface area contributed by atoms with Gasteiger partial charge in [-0.25, -0.2) is 4.79 Å². The van der Waals surface area contributed by atoms with Crippen LogP contribution >= 0.6 is 0 Å². The summed E-state index contributed by atoms with van der Waals surface area (Å²) in [7, 11) is 1.60. The summed E-state index contributed by atoms with van der Waals surface area (Å²) in [5, 5.41) is 12.8. The Kier molecular flexibility index (Phi) is 5.17. The molecule has 1 fully saturated rings. The maximum absolute atomic E-state index is 12.2. The molecule has 0 bridgehead atoms. The summed E-state index contributed by atoms with van der Waals surface area (Å²) in [6.07, 6.45) is 1.56. The number of nitrogens with one attached hydrogen (secondary N) is 2. The van der Waals surface area contributed by atoms with Crippen LogP contribution in [0.1, 0.15) is 32.6 Å². The SMILES string of the molecule is COCCn1cnnc1[C@@H](C)NC(=O)CN1C(=O)NC(=O)C1(C)C. The van der Waals surface area contributed by atoms with Crippen molar-refractivity contribution in [2.45, 2.75) is 38.9 Å². The standard InChI is InChI=1S/C14H22N6O4/c1-9(11-18-15-8-19(11)5-6-24-4)16-10(21)7-20-13(23)17-12(22)14(20,2)3/h8-9H,5-7H2,1-4H3,(H,16,21)(H,17,22,23)/t9-/m1/s1. The van der Waals surface area contributed by atoms with Crippen LogP contribution in [0.15, 0.2) is 6.33 Å². The van der Waals surface area contributed by atoms with E-state index in [0.717, 1.165) is 0 Å². The van der Waals surface area contributed by atoms with Gasteiger partial charge < -0.3 is 19.5 Å². The van der Waals surface area contributed by atoms with Crippen LogP contribution in [0.5, 0.6) is 0 Å². The molecule has 0 radical (unpaired) electrons. The van der Waals surface area contributed by atoms with Crippen LogP contribution < -0.4 is 10.6 Å². The van der Waals surface area contributed by atoms with Crippen molar-refractivity contribution in [1.82, 2.24) is 30.3 Å². The fourth-order valence-electron chi connectivity index (χ4n) is 2.42. The molecule has 2 heterocycles. The van der Waals surface area contributed by atoms with Crippen LogP contribution in [0, 0.1) is 0 Å². The van der Waals surface area contributed by atoms with Crippen LogP contribution in [0.4, 0.5) is 4.79 Å². The van der Waals surface area contributed by atoms with Crippen molar-refractivity contribution in [3.05, 3.63) is 12.2 Å². The highest BCUT2D eigenvalue weighted by Crippen LogP contribution is 2.20. The molecular formula is C14H22N6O4. The molecule has 132 valence electrons. The Morgan fingerprint density at radius 3 is 2.75 bits per heavy atom. The molecule has 10 nitrogen and oxygen atoms in total. The van der Waals surface area contributed by atoms with Gasteiger partial charge in [-0.3, -0.25) is 14.9 Å². The number of hydrogen-bond donors (Lipinski definition) is 2. The summed E-state index contributed by atoms with van der Waals surface area (Å²) in [6.45, 7) is 5.79. The first-order valence-corrected chi connectivity index (χ1v) is 7.56. The molecule has 0 aromatic carbocycles. The molecule has 24 heavy (non-hydrogen) atoms. The van der Waals surface area contributed by atoms with E-state index in [2.05, 4.69) is 20.8 Å². The predicted molar refractivity (Wildman–Crippen MR) is 82.8 cm³/mol. The molecule has 1 aliphatic rings. The Morgan fingerprint density at radius 1 is 1.46 bits per heavy atom. The summed E-state index contributed by atoms with van der Waals surface area (Å²) < 4.78 is 6.80. The van der Waals surface area contributed by atoms with E-state index in [4.69, 9.17) is 4.74 Å². The summed E-state index contributed by atoms with van der Waals surface area (Å²) in [5.74, 6) is -0.226. The lowest BCUT2D eigenvalue weighted by Gasteiger charge is -2.27. The normalized spacial score (nSPS) is 17.8. The molecule has 2 rings (SSSR count). The van der Waals surface area contributed by atoms with Gasteiger partial charge in [-0.1, -0.05) is 0 Å². The average Bonchev–Trinajstić information content (AvgIpc) is 3.04. The number of ether oxygens (including phenoxy) is 1. The molecular weight excluding hydrogens is 316 g/mol. The van der Waals surface area contributed by atoms with Gasteiger partial charge in [-0.15, -0.1) is 10.2 Å². The monoisotopic (exact) mass is 338 g/mol. The van der Waals surface area contributed by atoms with Crippen LogP contribution in [0.3, 0.4) is 0 Å². The zero-order valence-corrected chi connectivity index (χ0v) is 14.2. The van der Waals surface area contributed by atoms with Crippen LogP contribution in [-0.2, 0) is 20.9 Å². The molecule has 1 aromatic heterocycles. The molecule has 1 aromatic rings. The highest BCUT2D eigenvalue weighted by molar-refractivity contribution is 6.07. The lowest BCUT2D eigenvalue weighted by atomic mass is 10.0. The van der Waals surface area contributed by atoms with E-state index in [1.807, 2.05) is 0 Å². The first kappa shape index (κ1) is 17.9. The number of urea groups is 1. The maximum atomic E-state index is 12.2. The number of carbonyl (C=O) groups excluding carboxylic acids is 3. The summed E-state index contributed by atoms with van der Waals surface area (Å²) >= 11 is 0. The Balaban J connectivity index is 1.99. The van der Waals surface area contributed by atoms with Gasteiger partial charge in [0.25, 0.3) is 5.91 Å². The second-order valence-corrected chi connectivity index (χ2v) is 6.07. The molecule has 0 spiro atoms. The summed E-state index contributed by atoms with van der Waals surface area (Å²) in [5.41, 5.74) is -1.06. The zero-order valence-electron chi connectivity index (χ0n) is 14.2. The number of rotatable bonds is 7. The lowest BCUT2D eigenvalue weighted by Crippen LogP contribution is -2.49. The molecule has 1 atom stereocenters. The number of methoxy groups -OCH3 is 1. The molecule has 0 saturated carbocycles. The van der Waals surface area contributed by atoms with Crippen molar-refractivity contribution in [2.75, 3.05) is 20.3 Å². The first-order valence-electron chi connectivity index (χ1n) is 7.56. The van der Waals surface area contributed by atoms with Crippen LogP contribution in [-0.4, -0.2) is 63.3 Å². The molecule has 10 heteroatoms. The largest absolute Gasteiger partial charge is 0.383 e. The van der Waals surface area contributed by atoms with Crippen LogP contribution in [0.25, 0.3) is 0 Å². The predicted octanol–water partition coefficient (Wildman–Crippen LogP) is -0.568. The summed E-state index contributed by atoms with van der Waals surface area (Å²) in [4.78, 5) is 37.0. The number of carbonyl (C=O) groups is 3. The highest BCUT2D eigenvalue weighted by atomic mass is 16.5. The topological polar surface area (TPSA) is 118 Å². The second-order valence-electron chi connectivity index (χ2n) is 6.07. The quantitative estimate of drug-likeness (QED) is 0.643. The van der Waals surface area contributed by atoms with E-state index >= 15 is 0 Å². The van der Waals surface area contributed by atoms with E-state index in [0.29, 0.717) is 19.0 Å². The van der Waals surface area contributed by atoms with Crippen molar-refractivity contribution < 1.29 is 19.1 Å². The lowest BCUT2D eigenvalue weighted by molar-refractivity contribution is -0.127. The van der Waals surface area contributed by atoms with Gasteiger partial charge in [0.15, 0.2) is 5.82 Å². The van der Waals surface area contributed by atoms with Gasteiger partial charge in [-0.2, -0.15) is 0 Å². The third-order valence-electron chi connectivity index (χ3n) is 3.94. The van der Waals surface area contributed by atoms with E-state index in [9.17, 15) is 14.4 Å². The van der Waals surface area contributed by atoms with Crippen molar-refractivity contribution >= 4 is 17.8 Å². The first-order chi connectivity index (χ1) is 11.3. The van der Waals surface area contributed by atoms with Gasteiger partial charge in [0.1, 0.15) is 18.4 Å². The van der Waals surface area contributed by atoms with Crippen LogP contribution in [0.2, 0.25) is 0 Å². The minimum absolute atomic E-state index is 0.221. The molecule has 1 saturated heterocycles. The van der Waals surface area contributed by atoms with E-state index in [1.54, 1.807) is 38.8 Å². The molecule has 0 unspecified atom stereocenters.